The first-order chi connectivity index (χ1) is 12.7. The summed E-state index contributed by atoms with van der Waals surface area (Å²) in [6.07, 6.45) is 0. The van der Waals surface area contributed by atoms with Gasteiger partial charge in [0, 0.05) is 31.2 Å². The van der Waals surface area contributed by atoms with E-state index in [0.29, 0.717) is 24.5 Å². The van der Waals surface area contributed by atoms with Crippen molar-refractivity contribution in [2.75, 3.05) is 13.7 Å². The van der Waals surface area contributed by atoms with Crippen LogP contribution < -0.4 is 15.7 Å². The van der Waals surface area contributed by atoms with E-state index < -0.39 is 5.63 Å². The molecule has 1 N–H and O–H groups in total. The Morgan fingerprint density at radius 1 is 1.08 bits per heavy atom. The van der Waals surface area contributed by atoms with Gasteiger partial charge in [-0.25, -0.2) is 4.79 Å². The van der Waals surface area contributed by atoms with E-state index in [0.717, 1.165) is 16.5 Å². The quantitative estimate of drug-likeness (QED) is 0.661. The minimum atomic E-state index is -0.429. The van der Waals surface area contributed by atoms with E-state index in [4.69, 9.17) is 13.9 Å². The van der Waals surface area contributed by atoms with Crippen LogP contribution in [0, 0.1) is 0 Å². The van der Waals surface area contributed by atoms with Crippen LogP contribution in [-0.4, -0.2) is 19.6 Å². The highest BCUT2D eigenvalue weighted by Crippen LogP contribution is 2.19. The molecule has 0 fully saturated rings. The smallest absolute Gasteiger partial charge is 0.336 e. The summed E-state index contributed by atoms with van der Waals surface area (Å²) >= 11 is 0. The first-order valence-electron chi connectivity index (χ1n) is 8.15. The van der Waals surface area contributed by atoms with Gasteiger partial charge in [0.25, 0.3) is 5.91 Å². The summed E-state index contributed by atoms with van der Waals surface area (Å²) < 4.78 is 15.7. The molecule has 1 heterocycles. The van der Waals surface area contributed by atoms with Gasteiger partial charge in [0.05, 0.1) is 6.61 Å². The highest BCUT2D eigenvalue weighted by Gasteiger charge is 2.07. The molecule has 134 valence electrons. The number of carbonyl (C=O) groups is 1. The molecule has 1 aromatic heterocycles. The van der Waals surface area contributed by atoms with Crippen molar-refractivity contribution in [1.29, 1.82) is 0 Å². The second-order valence-electron chi connectivity index (χ2n) is 5.72. The van der Waals surface area contributed by atoms with Crippen LogP contribution in [0.1, 0.15) is 11.1 Å². The molecule has 0 unspecified atom stereocenters. The van der Waals surface area contributed by atoms with E-state index >= 15 is 0 Å². The fourth-order valence-corrected chi connectivity index (χ4v) is 2.55. The molecule has 3 aromatic rings. The summed E-state index contributed by atoms with van der Waals surface area (Å²) in [5.41, 5.74) is 2.02. The number of carbonyl (C=O) groups excluding carboxylic acids is 1. The number of ether oxygens (including phenoxy) is 2. The average Bonchev–Trinajstić information content (AvgIpc) is 2.65. The molecule has 2 aromatic carbocycles. The number of methoxy groups -OCH3 is 1. The number of rotatable bonds is 7. The lowest BCUT2D eigenvalue weighted by molar-refractivity contribution is -0.123. The monoisotopic (exact) mass is 353 g/mol. The van der Waals surface area contributed by atoms with Crippen LogP contribution >= 0.6 is 0 Å². The van der Waals surface area contributed by atoms with Crippen molar-refractivity contribution in [3.05, 3.63) is 76.1 Å². The molecule has 0 saturated carbocycles. The highest BCUT2D eigenvalue weighted by atomic mass is 16.5. The SMILES string of the molecule is COCc1ccccc1CNC(=O)COc1ccc2ccc(=O)oc2c1. The molecule has 0 aliphatic heterocycles. The van der Waals surface area contributed by atoms with E-state index in [2.05, 4.69) is 5.32 Å². The Morgan fingerprint density at radius 2 is 1.85 bits per heavy atom. The number of nitrogens with one attached hydrogen (secondary N) is 1. The van der Waals surface area contributed by atoms with Gasteiger partial charge in [-0.1, -0.05) is 24.3 Å². The summed E-state index contributed by atoms with van der Waals surface area (Å²) in [6.45, 7) is 0.758. The zero-order valence-electron chi connectivity index (χ0n) is 14.4. The Morgan fingerprint density at radius 3 is 2.65 bits per heavy atom. The van der Waals surface area contributed by atoms with Crippen LogP contribution in [-0.2, 0) is 22.7 Å². The van der Waals surface area contributed by atoms with Gasteiger partial charge in [-0.15, -0.1) is 0 Å². The molecule has 0 radical (unpaired) electrons. The third kappa shape index (κ3) is 4.49. The van der Waals surface area contributed by atoms with Crippen molar-refractivity contribution in [3.8, 4) is 5.75 Å². The number of amides is 1. The van der Waals surface area contributed by atoms with Crippen molar-refractivity contribution in [1.82, 2.24) is 5.32 Å². The van der Waals surface area contributed by atoms with E-state index in [-0.39, 0.29) is 12.5 Å². The van der Waals surface area contributed by atoms with Gasteiger partial charge in [-0.3, -0.25) is 4.79 Å². The van der Waals surface area contributed by atoms with E-state index in [1.165, 1.54) is 6.07 Å². The lowest BCUT2D eigenvalue weighted by Crippen LogP contribution is -2.28. The molecular formula is C20H19NO5. The molecule has 0 aliphatic rings. The highest BCUT2D eigenvalue weighted by molar-refractivity contribution is 5.79. The molecule has 6 nitrogen and oxygen atoms in total. The molecule has 0 atom stereocenters. The Bertz CT molecular complexity index is 964. The minimum absolute atomic E-state index is 0.130. The van der Waals surface area contributed by atoms with E-state index in [9.17, 15) is 9.59 Å². The minimum Gasteiger partial charge on any atom is -0.484 e. The lowest BCUT2D eigenvalue weighted by atomic mass is 10.1. The van der Waals surface area contributed by atoms with Gasteiger partial charge in [0.1, 0.15) is 11.3 Å². The Hall–Kier alpha value is -3.12. The van der Waals surface area contributed by atoms with Gasteiger partial charge in [-0.05, 0) is 29.3 Å². The van der Waals surface area contributed by atoms with Crippen molar-refractivity contribution >= 4 is 16.9 Å². The zero-order chi connectivity index (χ0) is 18.4. The van der Waals surface area contributed by atoms with Gasteiger partial charge < -0.3 is 19.2 Å². The van der Waals surface area contributed by atoms with Crippen LogP contribution in [0.2, 0.25) is 0 Å². The molecule has 0 saturated heterocycles. The van der Waals surface area contributed by atoms with Crippen LogP contribution in [0.25, 0.3) is 11.0 Å². The predicted octanol–water partition coefficient (Wildman–Crippen LogP) is 2.63. The van der Waals surface area contributed by atoms with Crippen molar-refractivity contribution in [2.45, 2.75) is 13.2 Å². The molecule has 1 amide bonds. The Labute approximate surface area is 150 Å². The first kappa shape index (κ1) is 17.7. The number of fused-ring (bicyclic) bond motifs is 1. The van der Waals surface area contributed by atoms with Gasteiger partial charge in [0.2, 0.25) is 0 Å². The van der Waals surface area contributed by atoms with Gasteiger partial charge in [0.15, 0.2) is 6.61 Å². The summed E-state index contributed by atoms with van der Waals surface area (Å²) in [5, 5.41) is 3.61. The summed E-state index contributed by atoms with van der Waals surface area (Å²) in [4.78, 5) is 23.3. The standard InChI is InChI=1S/C20H19NO5/c1-24-12-16-5-3-2-4-15(16)11-21-19(22)13-25-17-8-6-14-7-9-20(23)26-18(14)10-17/h2-10H,11-13H2,1H3,(H,21,22). The Balaban J connectivity index is 1.57. The topological polar surface area (TPSA) is 77.8 Å². The van der Waals surface area contributed by atoms with E-state index in [1.807, 2.05) is 24.3 Å². The molecule has 0 bridgehead atoms. The maximum absolute atomic E-state index is 12.0. The number of hydrogen-bond acceptors (Lipinski definition) is 5. The number of hydrogen-bond donors (Lipinski definition) is 1. The van der Waals surface area contributed by atoms with Crippen LogP contribution in [0.5, 0.6) is 5.75 Å². The molecule has 6 heteroatoms. The molecule has 26 heavy (non-hydrogen) atoms. The molecule has 0 aliphatic carbocycles. The average molecular weight is 353 g/mol. The van der Waals surface area contributed by atoms with Crippen molar-refractivity contribution in [2.24, 2.45) is 0 Å². The largest absolute Gasteiger partial charge is 0.484 e. The normalized spacial score (nSPS) is 10.7. The fraction of sp³-hybridized carbons (Fsp3) is 0.200. The molecule has 3 rings (SSSR count). The maximum Gasteiger partial charge on any atom is 0.336 e. The number of benzene rings is 2. The Kier molecular flexibility index (Phi) is 5.66. The third-order valence-electron chi connectivity index (χ3n) is 3.86. The van der Waals surface area contributed by atoms with Crippen LogP contribution in [0.4, 0.5) is 0 Å². The lowest BCUT2D eigenvalue weighted by Gasteiger charge is -2.11. The van der Waals surface area contributed by atoms with E-state index in [1.54, 1.807) is 31.4 Å². The summed E-state index contributed by atoms with van der Waals surface area (Å²) in [5.74, 6) is 0.216. The summed E-state index contributed by atoms with van der Waals surface area (Å²) in [6, 6.07) is 15.9. The van der Waals surface area contributed by atoms with Gasteiger partial charge in [-0.2, -0.15) is 0 Å². The fourth-order valence-electron chi connectivity index (χ4n) is 2.55. The maximum atomic E-state index is 12.0. The predicted molar refractivity (Wildman–Crippen MR) is 97.0 cm³/mol. The second-order valence-corrected chi connectivity index (χ2v) is 5.72. The zero-order valence-corrected chi connectivity index (χ0v) is 14.4. The van der Waals surface area contributed by atoms with Gasteiger partial charge >= 0.3 is 5.63 Å². The van der Waals surface area contributed by atoms with Crippen LogP contribution in [0.15, 0.2) is 63.8 Å². The van der Waals surface area contributed by atoms with Crippen molar-refractivity contribution in [3.63, 3.8) is 0 Å². The third-order valence-corrected chi connectivity index (χ3v) is 3.86. The summed E-state index contributed by atoms with van der Waals surface area (Å²) in [7, 11) is 1.63. The molecule has 0 spiro atoms. The van der Waals surface area contributed by atoms with Crippen LogP contribution in [0.3, 0.4) is 0 Å². The first-order valence-corrected chi connectivity index (χ1v) is 8.15. The second kappa shape index (κ2) is 8.31. The van der Waals surface area contributed by atoms with Crippen molar-refractivity contribution < 1.29 is 18.7 Å². The molecular weight excluding hydrogens is 334 g/mol.